The van der Waals surface area contributed by atoms with Crippen molar-refractivity contribution < 1.29 is 19.1 Å². The number of carbonyl (C=O) groups is 2. The number of carbonyl (C=O) groups excluding carboxylic acids is 2. The lowest BCUT2D eigenvalue weighted by molar-refractivity contribution is -0.137. The Kier molecular flexibility index (Phi) is 5.10. The Hall–Kier alpha value is -2.62. The summed E-state index contributed by atoms with van der Waals surface area (Å²) in [6.07, 6.45) is 0. The van der Waals surface area contributed by atoms with Crippen LogP contribution in [0.25, 0.3) is 0 Å². The third-order valence-electron chi connectivity index (χ3n) is 2.83. The molecule has 108 valence electrons. The monoisotopic (exact) mass is 284 g/mol. The molecule has 0 saturated carbocycles. The minimum Gasteiger partial charge on any atom is -0.489 e. The Morgan fingerprint density at radius 3 is 2.24 bits per heavy atom. The molecule has 2 rings (SSSR count). The van der Waals surface area contributed by atoms with E-state index >= 15 is 0 Å². The van der Waals surface area contributed by atoms with E-state index in [4.69, 9.17) is 4.74 Å². The van der Waals surface area contributed by atoms with Crippen molar-refractivity contribution in [2.24, 2.45) is 0 Å². The van der Waals surface area contributed by atoms with Crippen LogP contribution < -0.4 is 4.74 Å². The average molecular weight is 284 g/mol. The van der Waals surface area contributed by atoms with E-state index in [0.717, 1.165) is 5.56 Å². The topological polar surface area (TPSA) is 52.6 Å². The number of rotatable bonds is 6. The van der Waals surface area contributed by atoms with Crippen LogP contribution in [0.1, 0.15) is 22.8 Å². The molecule has 4 nitrogen and oxygen atoms in total. The van der Waals surface area contributed by atoms with E-state index in [1.165, 1.54) is 0 Å². The summed E-state index contributed by atoms with van der Waals surface area (Å²) in [6, 6.07) is 16.2. The molecule has 0 spiro atoms. The van der Waals surface area contributed by atoms with Gasteiger partial charge in [0, 0.05) is 5.56 Å². The molecule has 0 atom stereocenters. The standard InChI is InChI=1S/C17H16O4/c1-2-20-17(19)16(18)14-8-10-15(11-9-14)21-12-13-6-4-3-5-7-13/h3-11H,2,12H2,1H3. The second-order valence-corrected chi connectivity index (χ2v) is 4.35. The lowest BCUT2D eigenvalue weighted by Crippen LogP contribution is -2.17. The Bertz CT molecular complexity index is 602. The number of ether oxygens (including phenoxy) is 2. The van der Waals surface area contributed by atoms with Gasteiger partial charge in [0.05, 0.1) is 6.61 Å². The first kappa shape index (κ1) is 14.8. The fraction of sp³-hybridized carbons (Fsp3) is 0.176. The average Bonchev–Trinajstić information content (AvgIpc) is 2.54. The maximum atomic E-state index is 11.7. The molecule has 0 fully saturated rings. The zero-order valence-electron chi connectivity index (χ0n) is 11.7. The Labute approximate surface area is 123 Å². The molecule has 0 heterocycles. The maximum Gasteiger partial charge on any atom is 0.379 e. The first-order valence-corrected chi connectivity index (χ1v) is 6.69. The van der Waals surface area contributed by atoms with Crippen LogP contribution in [0.5, 0.6) is 5.75 Å². The molecule has 2 aromatic rings. The van der Waals surface area contributed by atoms with Gasteiger partial charge in [-0.1, -0.05) is 30.3 Å². The highest BCUT2D eigenvalue weighted by molar-refractivity contribution is 6.40. The van der Waals surface area contributed by atoms with Crippen LogP contribution >= 0.6 is 0 Å². The van der Waals surface area contributed by atoms with Gasteiger partial charge < -0.3 is 9.47 Å². The van der Waals surface area contributed by atoms with Crippen molar-refractivity contribution in [3.05, 3.63) is 65.7 Å². The molecule has 0 N–H and O–H groups in total. The molecule has 0 aliphatic carbocycles. The summed E-state index contributed by atoms with van der Waals surface area (Å²) in [7, 11) is 0. The van der Waals surface area contributed by atoms with Gasteiger partial charge in [-0.25, -0.2) is 4.79 Å². The number of Topliss-reactive ketones (excluding diaryl/α,β-unsaturated/α-hetero) is 1. The van der Waals surface area contributed by atoms with Crippen LogP contribution in [0.2, 0.25) is 0 Å². The molecule has 2 aromatic carbocycles. The molecule has 0 unspecified atom stereocenters. The molecule has 4 heteroatoms. The molecule has 0 aromatic heterocycles. The fourth-order valence-corrected chi connectivity index (χ4v) is 1.76. The molecule has 0 aliphatic heterocycles. The molecular weight excluding hydrogens is 268 g/mol. The van der Waals surface area contributed by atoms with Gasteiger partial charge >= 0.3 is 5.97 Å². The third kappa shape index (κ3) is 4.18. The van der Waals surface area contributed by atoms with E-state index < -0.39 is 11.8 Å². The SMILES string of the molecule is CCOC(=O)C(=O)c1ccc(OCc2ccccc2)cc1. The highest BCUT2D eigenvalue weighted by atomic mass is 16.5. The van der Waals surface area contributed by atoms with Crippen molar-refractivity contribution in [2.75, 3.05) is 6.61 Å². The number of benzene rings is 2. The Morgan fingerprint density at radius 1 is 0.952 bits per heavy atom. The highest BCUT2D eigenvalue weighted by Crippen LogP contribution is 2.15. The number of hydrogen-bond donors (Lipinski definition) is 0. The van der Waals surface area contributed by atoms with Gasteiger partial charge in [0.1, 0.15) is 12.4 Å². The molecule has 21 heavy (non-hydrogen) atoms. The largest absolute Gasteiger partial charge is 0.489 e. The lowest BCUT2D eigenvalue weighted by Gasteiger charge is -2.07. The van der Waals surface area contributed by atoms with Crippen LogP contribution in [0.3, 0.4) is 0 Å². The van der Waals surface area contributed by atoms with Gasteiger partial charge in [0.25, 0.3) is 5.78 Å². The van der Waals surface area contributed by atoms with Crippen LogP contribution in [0, 0.1) is 0 Å². The normalized spacial score (nSPS) is 9.95. The van der Waals surface area contributed by atoms with Crippen molar-refractivity contribution in [2.45, 2.75) is 13.5 Å². The zero-order valence-corrected chi connectivity index (χ0v) is 11.7. The van der Waals surface area contributed by atoms with Gasteiger partial charge in [-0.05, 0) is 36.8 Å². The molecule has 0 saturated heterocycles. The quantitative estimate of drug-likeness (QED) is 0.465. The van der Waals surface area contributed by atoms with Crippen molar-refractivity contribution in [1.82, 2.24) is 0 Å². The minimum absolute atomic E-state index is 0.183. The molecule has 0 aliphatic rings. The van der Waals surface area contributed by atoms with Gasteiger partial charge in [0.2, 0.25) is 0 Å². The summed E-state index contributed by atoms with van der Waals surface area (Å²) < 4.78 is 10.3. The van der Waals surface area contributed by atoms with Crippen molar-refractivity contribution in [1.29, 1.82) is 0 Å². The summed E-state index contributed by atoms with van der Waals surface area (Å²) in [5.41, 5.74) is 1.35. The second kappa shape index (κ2) is 7.24. The van der Waals surface area contributed by atoms with E-state index in [2.05, 4.69) is 4.74 Å². The van der Waals surface area contributed by atoms with E-state index in [1.54, 1.807) is 31.2 Å². The number of hydrogen-bond acceptors (Lipinski definition) is 4. The van der Waals surface area contributed by atoms with Crippen LogP contribution in [-0.4, -0.2) is 18.4 Å². The van der Waals surface area contributed by atoms with Gasteiger partial charge in [0.15, 0.2) is 0 Å². The first-order chi connectivity index (χ1) is 10.2. The predicted molar refractivity (Wildman–Crippen MR) is 78.2 cm³/mol. The Morgan fingerprint density at radius 2 is 1.62 bits per heavy atom. The third-order valence-corrected chi connectivity index (χ3v) is 2.83. The van der Waals surface area contributed by atoms with Crippen LogP contribution in [0.15, 0.2) is 54.6 Å². The van der Waals surface area contributed by atoms with E-state index in [0.29, 0.717) is 17.9 Å². The minimum atomic E-state index is -0.838. The van der Waals surface area contributed by atoms with E-state index in [1.807, 2.05) is 30.3 Å². The van der Waals surface area contributed by atoms with Crippen molar-refractivity contribution in [3.63, 3.8) is 0 Å². The molecule has 0 radical (unpaired) electrons. The lowest BCUT2D eigenvalue weighted by atomic mass is 10.1. The first-order valence-electron chi connectivity index (χ1n) is 6.69. The smallest absolute Gasteiger partial charge is 0.379 e. The predicted octanol–water partition coefficient (Wildman–Crippen LogP) is 3.01. The zero-order chi connectivity index (χ0) is 15.1. The summed E-state index contributed by atoms with van der Waals surface area (Å²) in [5.74, 6) is -0.846. The second-order valence-electron chi connectivity index (χ2n) is 4.35. The van der Waals surface area contributed by atoms with Crippen molar-refractivity contribution >= 4 is 11.8 Å². The fourth-order valence-electron chi connectivity index (χ4n) is 1.76. The Balaban J connectivity index is 1.96. The highest BCUT2D eigenvalue weighted by Gasteiger charge is 2.16. The van der Waals surface area contributed by atoms with E-state index in [-0.39, 0.29) is 6.61 Å². The molecule has 0 bridgehead atoms. The summed E-state index contributed by atoms with van der Waals surface area (Å²) >= 11 is 0. The van der Waals surface area contributed by atoms with Crippen LogP contribution in [0.4, 0.5) is 0 Å². The number of esters is 1. The molecular formula is C17H16O4. The molecule has 0 amide bonds. The summed E-state index contributed by atoms with van der Waals surface area (Å²) in [5, 5.41) is 0. The summed E-state index contributed by atoms with van der Waals surface area (Å²) in [6.45, 7) is 2.29. The van der Waals surface area contributed by atoms with Crippen LogP contribution in [-0.2, 0) is 16.1 Å². The summed E-state index contributed by atoms with van der Waals surface area (Å²) in [4.78, 5) is 23.0. The maximum absolute atomic E-state index is 11.7. The van der Waals surface area contributed by atoms with Gasteiger partial charge in [-0.15, -0.1) is 0 Å². The van der Waals surface area contributed by atoms with Gasteiger partial charge in [-0.3, -0.25) is 4.79 Å². The van der Waals surface area contributed by atoms with Crippen molar-refractivity contribution in [3.8, 4) is 5.75 Å². The van der Waals surface area contributed by atoms with E-state index in [9.17, 15) is 9.59 Å². The van der Waals surface area contributed by atoms with Gasteiger partial charge in [-0.2, -0.15) is 0 Å². The number of ketones is 1.